The van der Waals surface area contributed by atoms with Gasteiger partial charge in [0.2, 0.25) is 5.91 Å². The molecule has 0 bridgehead atoms. The molecule has 1 amide bonds. The van der Waals surface area contributed by atoms with E-state index in [4.69, 9.17) is 16.3 Å². The van der Waals surface area contributed by atoms with Crippen LogP contribution in [-0.2, 0) is 16.3 Å². The number of carbonyl (C=O) groups is 1. The highest BCUT2D eigenvalue weighted by atomic mass is 35.5. The number of benzene rings is 1. The first-order valence-electron chi connectivity index (χ1n) is 7.49. The summed E-state index contributed by atoms with van der Waals surface area (Å²) in [6.07, 6.45) is 0. The number of aromatic amines is 1. The standard InChI is InChI=1S/C16H16ClN3O3S2/c1-8(14(21)18-11-5-9(17)3-4-13(11)23-2)25-16-19-12-7-24-6-10(12)15(22)20-16/h3-5,8H,6-7H2,1-2H3,(H,18,21)(H,19,20,22). The van der Waals surface area contributed by atoms with Crippen molar-refractivity contribution in [3.05, 3.63) is 44.8 Å². The van der Waals surface area contributed by atoms with Crippen LogP contribution in [0.25, 0.3) is 0 Å². The lowest BCUT2D eigenvalue weighted by atomic mass is 10.3. The number of methoxy groups -OCH3 is 1. The maximum atomic E-state index is 12.5. The Labute approximate surface area is 158 Å². The van der Waals surface area contributed by atoms with Gasteiger partial charge in [-0.2, -0.15) is 11.8 Å². The van der Waals surface area contributed by atoms with Gasteiger partial charge >= 0.3 is 0 Å². The third-order valence-corrected chi connectivity index (χ3v) is 5.83. The molecule has 132 valence electrons. The molecule has 9 heteroatoms. The van der Waals surface area contributed by atoms with Crippen LogP contribution >= 0.6 is 35.1 Å². The molecule has 1 unspecified atom stereocenters. The summed E-state index contributed by atoms with van der Waals surface area (Å²) in [6.45, 7) is 1.75. The molecule has 1 atom stereocenters. The van der Waals surface area contributed by atoms with Crippen molar-refractivity contribution in [2.75, 3.05) is 12.4 Å². The number of H-pyrrole nitrogens is 1. The largest absolute Gasteiger partial charge is 0.495 e. The van der Waals surface area contributed by atoms with Crippen LogP contribution in [0.15, 0.2) is 28.2 Å². The van der Waals surface area contributed by atoms with Crippen LogP contribution < -0.4 is 15.6 Å². The van der Waals surface area contributed by atoms with E-state index in [0.717, 1.165) is 17.0 Å². The van der Waals surface area contributed by atoms with Crippen LogP contribution in [0.5, 0.6) is 5.75 Å². The molecule has 6 nitrogen and oxygen atoms in total. The fraction of sp³-hybridized carbons (Fsp3) is 0.312. The third kappa shape index (κ3) is 4.13. The Morgan fingerprint density at radius 3 is 3.04 bits per heavy atom. The van der Waals surface area contributed by atoms with Crippen LogP contribution in [0.1, 0.15) is 18.2 Å². The number of nitrogens with one attached hydrogen (secondary N) is 2. The third-order valence-electron chi connectivity index (χ3n) is 3.64. The van der Waals surface area contributed by atoms with Gasteiger partial charge in [0.05, 0.1) is 23.7 Å². The minimum atomic E-state index is -0.459. The predicted octanol–water partition coefficient (Wildman–Crippen LogP) is 3.30. The zero-order chi connectivity index (χ0) is 18.0. The number of fused-ring (bicyclic) bond motifs is 1. The molecule has 25 heavy (non-hydrogen) atoms. The fourth-order valence-electron chi connectivity index (χ4n) is 2.33. The summed E-state index contributed by atoms with van der Waals surface area (Å²) < 4.78 is 5.22. The predicted molar refractivity (Wildman–Crippen MR) is 102 cm³/mol. The van der Waals surface area contributed by atoms with Crippen molar-refractivity contribution in [1.29, 1.82) is 0 Å². The van der Waals surface area contributed by atoms with Crippen molar-refractivity contribution < 1.29 is 9.53 Å². The van der Waals surface area contributed by atoms with Gasteiger partial charge in [-0.25, -0.2) is 4.98 Å². The summed E-state index contributed by atoms with van der Waals surface area (Å²) in [5, 5.41) is 3.29. The van der Waals surface area contributed by atoms with Crippen molar-refractivity contribution >= 4 is 46.7 Å². The number of rotatable bonds is 5. The summed E-state index contributed by atoms with van der Waals surface area (Å²) in [5.74, 6) is 1.71. The zero-order valence-electron chi connectivity index (χ0n) is 13.6. The van der Waals surface area contributed by atoms with Gasteiger partial charge in [0.15, 0.2) is 5.16 Å². The Bertz CT molecular complexity index is 872. The van der Waals surface area contributed by atoms with Crippen LogP contribution in [0, 0.1) is 0 Å². The summed E-state index contributed by atoms with van der Waals surface area (Å²) >= 11 is 8.84. The maximum absolute atomic E-state index is 12.5. The van der Waals surface area contributed by atoms with Gasteiger partial charge in [0, 0.05) is 22.1 Å². The molecule has 0 aliphatic carbocycles. The van der Waals surface area contributed by atoms with Gasteiger partial charge in [0.1, 0.15) is 5.75 Å². The second kappa shape index (κ2) is 7.72. The Kier molecular flexibility index (Phi) is 5.61. The normalized spacial score (nSPS) is 14.0. The van der Waals surface area contributed by atoms with E-state index in [1.54, 1.807) is 36.9 Å². The molecular weight excluding hydrogens is 382 g/mol. The number of thioether (sulfide) groups is 2. The van der Waals surface area contributed by atoms with Gasteiger partial charge in [-0.3, -0.25) is 9.59 Å². The molecule has 1 aromatic heterocycles. The second-order valence-corrected chi connectivity index (χ2v) is 8.13. The van der Waals surface area contributed by atoms with Crippen LogP contribution in [-0.4, -0.2) is 28.2 Å². The number of hydrogen-bond acceptors (Lipinski definition) is 6. The maximum Gasteiger partial charge on any atom is 0.255 e. The molecule has 0 radical (unpaired) electrons. The molecule has 2 aromatic rings. The molecule has 1 aromatic carbocycles. The molecule has 1 aliphatic rings. The molecule has 0 saturated heterocycles. The first-order chi connectivity index (χ1) is 12.0. The molecule has 3 rings (SSSR count). The minimum absolute atomic E-state index is 0.124. The van der Waals surface area contributed by atoms with E-state index in [9.17, 15) is 9.59 Å². The van der Waals surface area contributed by atoms with E-state index >= 15 is 0 Å². The van der Waals surface area contributed by atoms with Gasteiger partial charge in [-0.05, 0) is 25.1 Å². The number of carbonyl (C=O) groups excluding carboxylic acids is 1. The lowest BCUT2D eigenvalue weighted by molar-refractivity contribution is -0.115. The van der Waals surface area contributed by atoms with Crippen molar-refractivity contribution in [2.45, 2.75) is 28.8 Å². The van der Waals surface area contributed by atoms with Gasteiger partial charge in [-0.1, -0.05) is 23.4 Å². The van der Waals surface area contributed by atoms with Crippen molar-refractivity contribution in [3.63, 3.8) is 0 Å². The second-order valence-electron chi connectivity index (χ2n) is 5.38. The van der Waals surface area contributed by atoms with E-state index in [2.05, 4.69) is 15.3 Å². The lowest BCUT2D eigenvalue weighted by Crippen LogP contribution is -2.24. The summed E-state index contributed by atoms with van der Waals surface area (Å²) in [5.41, 5.74) is 1.91. The first-order valence-corrected chi connectivity index (χ1v) is 9.90. The number of nitrogens with zero attached hydrogens (tertiary/aromatic N) is 1. The molecule has 0 fully saturated rings. The summed E-state index contributed by atoms with van der Waals surface area (Å²) in [7, 11) is 1.52. The molecule has 1 aliphatic heterocycles. The van der Waals surface area contributed by atoms with E-state index in [0.29, 0.717) is 27.4 Å². The van der Waals surface area contributed by atoms with Gasteiger partial charge in [0.25, 0.3) is 5.56 Å². The highest BCUT2D eigenvalue weighted by Gasteiger charge is 2.21. The number of halogens is 1. The summed E-state index contributed by atoms with van der Waals surface area (Å²) in [6, 6.07) is 5.00. The highest BCUT2D eigenvalue weighted by molar-refractivity contribution is 8.00. The average Bonchev–Trinajstić information content (AvgIpc) is 3.04. The van der Waals surface area contributed by atoms with Crippen LogP contribution in [0.4, 0.5) is 5.69 Å². The van der Waals surface area contributed by atoms with E-state index in [1.165, 1.54) is 18.9 Å². The first kappa shape index (κ1) is 18.2. The minimum Gasteiger partial charge on any atom is -0.495 e. The average molecular weight is 398 g/mol. The number of aromatic nitrogens is 2. The molecule has 0 saturated carbocycles. The SMILES string of the molecule is COc1ccc(Cl)cc1NC(=O)C(C)Sc1nc2c(c(=O)[nH]1)CSC2. The van der Waals surface area contributed by atoms with Crippen LogP contribution in [0.3, 0.4) is 0 Å². The molecular formula is C16H16ClN3O3S2. The fourth-order valence-corrected chi connectivity index (χ4v) is 4.35. The van der Waals surface area contributed by atoms with E-state index < -0.39 is 5.25 Å². The smallest absolute Gasteiger partial charge is 0.255 e. The number of hydrogen-bond donors (Lipinski definition) is 2. The Morgan fingerprint density at radius 2 is 2.28 bits per heavy atom. The van der Waals surface area contributed by atoms with Crippen LogP contribution in [0.2, 0.25) is 5.02 Å². The Hall–Kier alpha value is -1.64. The Morgan fingerprint density at radius 1 is 1.48 bits per heavy atom. The number of ether oxygens (including phenoxy) is 1. The monoisotopic (exact) mass is 397 g/mol. The summed E-state index contributed by atoms with van der Waals surface area (Å²) in [4.78, 5) is 31.7. The number of amides is 1. The van der Waals surface area contributed by atoms with Crippen molar-refractivity contribution in [2.24, 2.45) is 0 Å². The van der Waals surface area contributed by atoms with Gasteiger partial charge in [-0.15, -0.1) is 0 Å². The topological polar surface area (TPSA) is 84.1 Å². The number of anilines is 1. The Balaban J connectivity index is 1.72. The lowest BCUT2D eigenvalue weighted by Gasteiger charge is -2.14. The highest BCUT2D eigenvalue weighted by Crippen LogP contribution is 2.30. The van der Waals surface area contributed by atoms with E-state index in [1.807, 2.05) is 0 Å². The molecule has 2 heterocycles. The molecule has 2 N–H and O–H groups in total. The zero-order valence-corrected chi connectivity index (χ0v) is 16.0. The van der Waals surface area contributed by atoms with E-state index in [-0.39, 0.29) is 11.5 Å². The van der Waals surface area contributed by atoms with Gasteiger partial charge < -0.3 is 15.0 Å². The quantitative estimate of drug-likeness (QED) is 0.595. The molecule has 0 spiro atoms. The van der Waals surface area contributed by atoms with Crippen molar-refractivity contribution in [3.8, 4) is 5.75 Å². The van der Waals surface area contributed by atoms with Crippen molar-refractivity contribution in [1.82, 2.24) is 9.97 Å².